The van der Waals surface area contributed by atoms with Crippen LogP contribution in [0.5, 0.6) is 0 Å². The van der Waals surface area contributed by atoms with Crippen LogP contribution in [-0.2, 0) is 23.8 Å². The Morgan fingerprint density at radius 1 is 0.906 bits per heavy atom. The molecule has 0 aliphatic carbocycles. The van der Waals surface area contributed by atoms with E-state index in [2.05, 4.69) is 37.6 Å². The lowest BCUT2D eigenvalue weighted by Crippen LogP contribution is -2.47. The molecule has 2 aromatic carbocycles. The number of fused-ring (bicyclic) bond motifs is 3. The van der Waals surface area contributed by atoms with Crippen molar-refractivity contribution in [2.75, 3.05) is 18.0 Å². The summed E-state index contributed by atoms with van der Waals surface area (Å²) in [6.07, 6.45) is 7.23. The van der Waals surface area contributed by atoms with E-state index in [0.717, 1.165) is 66.1 Å². The standard InChI is InChI=1S/C26H25N5O/c1-29-17-14-27-23(29)18-30-15-11-26(12-16-30)20-8-2-3-9-21(20)31(25(26)32)22-10-4-6-19-7-5-13-28-24(19)22/h2-10,13-14,17H,11-12,15-16,18H2,1H3. The van der Waals surface area contributed by atoms with E-state index < -0.39 is 5.41 Å². The molecule has 1 fully saturated rings. The Balaban J connectivity index is 1.37. The number of imidazole rings is 1. The highest BCUT2D eigenvalue weighted by Crippen LogP contribution is 2.51. The second kappa shape index (κ2) is 7.28. The summed E-state index contributed by atoms with van der Waals surface area (Å²) in [4.78, 5) is 27.5. The smallest absolute Gasteiger partial charge is 0.242 e. The van der Waals surface area contributed by atoms with Crippen LogP contribution >= 0.6 is 0 Å². The number of carbonyl (C=O) groups excluding carboxylic acids is 1. The molecule has 0 atom stereocenters. The quantitative estimate of drug-likeness (QED) is 0.496. The molecule has 160 valence electrons. The molecule has 1 spiro atoms. The maximum Gasteiger partial charge on any atom is 0.242 e. The molecule has 32 heavy (non-hydrogen) atoms. The van der Waals surface area contributed by atoms with Crippen LogP contribution in [0.15, 0.2) is 73.2 Å². The number of aromatic nitrogens is 3. The number of anilines is 2. The number of aryl methyl sites for hydroxylation is 1. The molecule has 0 N–H and O–H groups in total. The maximum atomic E-state index is 14.1. The van der Waals surface area contributed by atoms with Crippen molar-refractivity contribution < 1.29 is 4.79 Å². The maximum absolute atomic E-state index is 14.1. The van der Waals surface area contributed by atoms with Crippen LogP contribution in [0.2, 0.25) is 0 Å². The number of pyridine rings is 1. The van der Waals surface area contributed by atoms with E-state index in [0.29, 0.717) is 0 Å². The molecule has 4 aromatic rings. The van der Waals surface area contributed by atoms with Gasteiger partial charge in [-0.15, -0.1) is 0 Å². The van der Waals surface area contributed by atoms with E-state index in [1.807, 2.05) is 60.7 Å². The van der Waals surface area contributed by atoms with Gasteiger partial charge in [0.15, 0.2) is 0 Å². The van der Waals surface area contributed by atoms with E-state index in [4.69, 9.17) is 0 Å². The summed E-state index contributed by atoms with van der Waals surface area (Å²) in [6.45, 7) is 2.55. The van der Waals surface area contributed by atoms with Crippen LogP contribution in [-0.4, -0.2) is 38.4 Å². The zero-order valence-corrected chi connectivity index (χ0v) is 18.1. The molecule has 6 nitrogen and oxygen atoms in total. The molecular weight excluding hydrogens is 398 g/mol. The summed E-state index contributed by atoms with van der Waals surface area (Å²) >= 11 is 0. The number of hydrogen-bond acceptors (Lipinski definition) is 4. The third-order valence-electron chi connectivity index (χ3n) is 7.12. The second-order valence-electron chi connectivity index (χ2n) is 8.82. The zero-order valence-electron chi connectivity index (χ0n) is 18.1. The molecule has 1 saturated heterocycles. The average molecular weight is 424 g/mol. The van der Waals surface area contributed by atoms with E-state index in [-0.39, 0.29) is 5.91 Å². The molecule has 0 bridgehead atoms. The summed E-state index contributed by atoms with van der Waals surface area (Å²) in [5.74, 6) is 1.23. The number of para-hydroxylation sites is 2. The highest BCUT2D eigenvalue weighted by Gasteiger charge is 2.52. The first-order valence-corrected chi connectivity index (χ1v) is 11.1. The van der Waals surface area contributed by atoms with Gasteiger partial charge in [-0.1, -0.05) is 36.4 Å². The average Bonchev–Trinajstić information content (AvgIpc) is 3.34. The highest BCUT2D eigenvalue weighted by atomic mass is 16.2. The lowest BCUT2D eigenvalue weighted by atomic mass is 9.73. The fourth-order valence-electron chi connectivity index (χ4n) is 5.34. The third kappa shape index (κ3) is 2.79. The van der Waals surface area contributed by atoms with Crippen LogP contribution in [0, 0.1) is 0 Å². The van der Waals surface area contributed by atoms with Crippen molar-refractivity contribution >= 4 is 28.2 Å². The first-order chi connectivity index (χ1) is 15.7. The summed E-state index contributed by atoms with van der Waals surface area (Å²) in [7, 11) is 2.03. The third-order valence-corrected chi connectivity index (χ3v) is 7.12. The SMILES string of the molecule is Cn1ccnc1CN1CCC2(CC1)C(=O)N(c1cccc3cccnc13)c1ccccc12. The lowest BCUT2D eigenvalue weighted by Gasteiger charge is -2.38. The van der Waals surface area contributed by atoms with Gasteiger partial charge in [-0.25, -0.2) is 4.98 Å². The molecule has 2 aliphatic rings. The van der Waals surface area contributed by atoms with E-state index in [1.54, 1.807) is 6.20 Å². The molecule has 0 unspecified atom stereocenters. The van der Waals surface area contributed by atoms with Gasteiger partial charge in [0.2, 0.25) is 5.91 Å². The Hall–Kier alpha value is -3.51. The summed E-state index contributed by atoms with van der Waals surface area (Å²) in [5, 5.41) is 1.04. The Bertz CT molecular complexity index is 1310. The number of likely N-dealkylation sites (tertiary alicyclic amines) is 1. The van der Waals surface area contributed by atoms with Gasteiger partial charge in [0.05, 0.1) is 28.9 Å². The number of hydrogen-bond donors (Lipinski definition) is 0. The van der Waals surface area contributed by atoms with Crippen LogP contribution < -0.4 is 4.90 Å². The van der Waals surface area contributed by atoms with E-state index in [9.17, 15) is 4.79 Å². The number of benzene rings is 2. The predicted molar refractivity (Wildman–Crippen MR) is 125 cm³/mol. The van der Waals surface area contributed by atoms with Crippen LogP contribution in [0.1, 0.15) is 24.2 Å². The minimum Gasteiger partial charge on any atom is -0.337 e. The minimum absolute atomic E-state index is 0.175. The Labute approximate surface area is 187 Å². The van der Waals surface area contributed by atoms with Gasteiger partial charge in [0.25, 0.3) is 0 Å². The molecule has 2 aromatic heterocycles. The Morgan fingerprint density at radius 3 is 2.50 bits per heavy atom. The Kier molecular flexibility index (Phi) is 4.36. The lowest BCUT2D eigenvalue weighted by molar-refractivity contribution is -0.124. The molecule has 6 rings (SSSR count). The number of amides is 1. The molecule has 0 radical (unpaired) electrons. The van der Waals surface area contributed by atoms with Gasteiger partial charge in [0.1, 0.15) is 5.82 Å². The van der Waals surface area contributed by atoms with E-state index in [1.165, 1.54) is 0 Å². The fraction of sp³-hybridized carbons (Fsp3) is 0.269. The van der Waals surface area contributed by atoms with Crippen molar-refractivity contribution in [3.8, 4) is 0 Å². The predicted octanol–water partition coefficient (Wildman–Crippen LogP) is 4.18. The second-order valence-corrected chi connectivity index (χ2v) is 8.82. The molecule has 1 amide bonds. The number of nitrogens with zero attached hydrogens (tertiary/aromatic N) is 5. The summed E-state index contributed by atoms with van der Waals surface area (Å²) < 4.78 is 2.07. The molecule has 4 heterocycles. The Morgan fingerprint density at radius 2 is 1.69 bits per heavy atom. The van der Waals surface area contributed by atoms with Crippen LogP contribution in [0.25, 0.3) is 10.9 Å². The zero-order chi connectivity index (χ0) is 21.7. The topological polar surface area (TPSA) is 54.3 Å². The van der Waals surface area contributed by atoms with Gasteiger partial charge in [0, 0.05) is 31.0 Å². The minimum atomic E-state index is -0.480. The van der Waals surface area contributed by atoms with Gasteiger partial charge >= 0.3 is 0 Å². The van der Waals surface area contributed by atoms with Crippen LogP contribution in [0.3, 0.4) is 0 Å². The number of rotatable bonds is 3. The first kappa shape index (κ1) is 19.2. The van der Waals surface area contributed by atoms with Crippen molar-refractivity contribution in [1.82, 2.24) is 19.4 Å². The van der Waals surface area contributed by atoms with Gasteiger partial charge in [-0.05, 0) is 49.7 Å². The number of carbonyl (C=O) groups is 1. The van der Waals surface area contributed by atoms with Crippen molar-refractivity contribution in [2.24, 2.45) is 7.05 Å². The molecule has 0 saturated carbocycles. The highest BCUT2D eigenvalue weighted by molar-refractivity contribution is 6.16. The number of piperidine rings is 1. The van der Waals surface area contributed by atoms with Crippen molar-refractivity contribution in [2.45, 2.75) is 24.8 Å². The van der Waals surface area contributed by atoms with Crippen molar-refractivity contribution in [3.63, 3.8) is 0 Å². The first-order valence-electron chi connectivity index (χ1n) is 11.1. The molecule has 6 heteroatoms. The monoisotopic (exact) mass is 423 g/mol. The van der Waals surface area contributed by atoms with Gasteiger partial charge < -0.3 is 4.57 Å². The fourth-order valence-corrected chi connectivity index (χ4v) is 5.34. The largest absolute Gasteiger partial charge is 0.337 e. The molecule has 2 aliphatic heterocycles. The summed E-state index contributed by atoms with van der Waals surface area (Å²) in [5.41, 5.74) is 3.39. The van der Waals surface area contributed by atoms with Gasteiger partial charge in [-0.3, -0.25) is 19.6 Å². The normalized spacial score (nSPS) is 17.9. The van der Waals surface area contributed by atoms with E-state index >= 15 is 0 Å². The van der Waals surface area contributed by atoms with Gasteiger partial charge in [-0.2, -0.15) is 0 Å². The van der Waals surface area contributed by atoms with Crippen LogP contribution in [0.4, 0.5) is 11.4 Å². The summed E-state index contributed by atoms with van der Waals surface area (Å²) in [6, 6.07) is 18.3. The molecular formula is C26H25N5O. The van der Waals surface area contributed by atoms with Crippen molar-refractivity contribution in [3.05, 3.63) is 84.6 Å². The van der Waals surface area contributed by atoms with Crippen molar-refractivity contribution in [1.29, 1.82) is 0 Å².